The zero-order valence-electron chi connectivity index (χ0n) is 37.2. The molecular weight excluding hydrogens is 905 g/mol. The third-order valence-electron chi connectivity index (χ3n) is 11.1. The molecule has 0 unspecified atom stereocenters. The van der Waals surface area contributed by atoms with Gasteiger partial charge in [0.15, 0.2) is 0 Å². The van der Waals surface area contributed by atoms with Gasteiger partial charge in [0.25, 0.3) is 0 Å². The van der Waals surface area contributed by atoms with Crippen molar-refractivity contribution in [2.75, 3.05) is 42.7 Å². The second-order valence-corrected chi connectivity index (χ2v) is 18.4. The molecule has 2 aliphatic heterocycles. The number of allylic oxidation sites excluding steroid dienone is 4. The van der Waals surface area contributed by atoms with Crippen molar-refractivity contribution in [2.24, 2.45) is 0 Å². The van der Waals surface area contributed by atoms with Gasteiger partial charge in [-0.2, -0.15) is 21.0 Å². The summed E-state index contributed by atoms with van der Waals surface area (Å²) >= 11 is 0. The summed E-state index contributed by atoms with van der Waals surface area (Å²) in [5.74, 6) is 2.20. The summed E-state index contributed by atoms with van der Waals surface area (Å²) < 4.78 is 89.7. The standard InChI is InChI=1S/C52H38N4O10S2/c1-61-41-19-32(16-18-34-22-46(66-6)36(24-44(34)64-4)26-50-52(38(29-55)30-56)40-12-8-10-14-48(40)68(50,59)60)42(62-2)20-31(41)15-17-33-21-45(65-5)35(23-43(33)63-3)25-49-51(37(27-53)28-54)39-11-7-9-13-47(39)67(49,57)58/h7-26H,1-6H3/b17-15+,18-16+,49-25?,50-26?. The Morgan fingerprint density at radius 2 is 0.662 bits per heavy atom. The van der Waals surface area contributed by atoms with E-state index in [-0.39, 0.29) is 64.5 Å². The van der Waals surface area contributed by atoms with Crippen molar-refractivity contribution in [1.82, 2.24) is 0 Å². The zero-order valence-corrected chi connectivity index (χ0v) is 38.9. The van der Waals surface area contributed by atoms with Gasteiger partial charge in [-0.3, -0.25) is 0 Å². The molecule has 0 atom stereocenters. The van der Waals surface area contributed by atoms with Gasteiger partial charge in [0, 0.05) is 55.7 Å². The van der Waals surface area contributed by atoms with E-state index in [1.54, 1.807) is 97.1 Å². The minimum absolute atomic E-state index is 0.00653. The average molecular weight is 943 g/mol. The van der Waals surface area contributed by atoms with Gasteiger partial charge in [-0.25, -0.2) is 16.8 Å². The van der Waals surface area contributed by atoms with Crippen molar-refractivity contribution < 1.29 is 45.3 Å². The van der Waals surface area contributed by atoms with E-state index < -0.39 is 19.7 Å². The van der Waals surface area contributed by atoms with Crippen LogP contribution in [0.5, 0.6) is 34.5 Å². The van der Waals surface area contributed by atoms with Crippen molar-refractivity contribution in [3.05, 3.63) is 150 Å². The molecular formula is C52H38N4O10S2. The monoisotopic (exact) mass is 942 g/mol. The molecule has 5 aromatic rings. The van der Waals surface area contributed by atoms with Gasteiger partial charge in [0.2, 0.25) is 19.7 Å². The van der Waals surface area contributed by atoms with Crippen LogP contribution < -0.4 is 28.4 Å². The van der Waals surface area contributed by atoms with Crippen molar-refractivity contribution in [3.8, 4) is 58.8 Å². The van der Waals surface area contributed by atoms with Crippen LogP contribution in [0.1, 0.15) is 44.5 Å². The predicted octanol–water partition coefficient (Wildman–Crippen LogP) is 9.34. The number of sulfone groups is 2. The summed E-state index contributed by atoms with van der Waals surface area (Å²) in [4.78, 5) is -0.471. The Morgan fingerprint density at radius 3 is 0.926 bits per heavy atom. The summed E-state index contributed by atoms with van der Waals surface area (Å²) in [7, 11) is 0.575. The lowest BCUT2D eigenvalue weighted by Gasteiger charge is -2.14. The van der Waals surface area contributed by atoms with Gasteiger partial charge >= 0.3 is 0 Å². The van der Waals surface area contributed by atoms with Gasteiger partial charge in [0.1, 0.15) is 69.9 Å². The summed E-state index contributed by atoms with van der Waals surface area (Å²) in [5, 5.41) is 39.1. The maximum Gasteiger partial charge on any atom is 0.207 e. The number of benzene rings is 5. The normalized spacial score (nSPS) is 15.2. The molecule has 16 heteroatoms. The Kier molecular flexibility index (Phi) is 13.4. The first-order chi connectivity index (χ1) is 32.8. The Morgan fingerprint density at radius 1 is 0.412 bits per heavy atom. The van der Waals surface area contributed by atoms with E-state index in [4.69, 9.17) is 28.4 Å². The minimum Gasteiger partial charge on any atom is -0.496 e. The number of fused-ring (bicyclic) bond motifs is 2. The Balaban J connectivity index is 1.24. The van der Waals surface area contributed by atoms with Crippen LogP contribution in [0.25, 0.3) is 47.6 Å². The zero-order chi connectivity index (χ0) is 48.9. The predicted molar refractivity (Wildman–Crippen MR) is 256 cm³/mol. The van der Waals surface area contributed by atoms with Crippen molar-refractivity contribution >= 4 is 67.3 Å². The molecule has 0 aliphatic carbocycles. The van der Waals surface area contributed by atoms with E-state index >= 15 is 0 Å². The highest BCUT2D eigenvalue weighted by atomic mass is 32.2. The lowest BCUT2D eigenvalue weighted by atomic mass is 9.98. The van der Waals surface area contributed by atoms with Gasteiger partial charge < -0.3 is 28.4 Å². The molecule has 0 radical (unpaired) electrons. The highest BCUT2D eigenvalue weighted by Crippen LogP contribution is 2.48. The highest BCUT2D eigenvalue weighted by molar-refractivity contribution is 7.97. The SMILES string of the molecule is COc1cc(/C=C/c2cc(OC)c(/C=C/c3cc(OC)c(C=C4C(=C(C#N)C#N)c5ccccc5S4(=O)=O)cc3OC)cc2OC)c(OC)cc1C=C1C(=C(C#N)C#N)c2ccccc2S1(=O)=O. The minimum atomic E-state index is -4.12. The van der Waals surface area contributed by atoms with E-state index in [2.05, 4.69) is 0 Å². The molecule has 0 bridgehead atoms. The fourth-order valence-corrected chi connectivity index (χ4v) is 11.3. The summed E-state index contributed by atoms with van der Waals surface area (Å²) in [6, 6.07) is 29.8. The number of hydrogen-bond acceptors (Lipinski definition) is 14. The smallest absolute Gasteiger partial charge is 0.207 e. The molecule has 0 aromatic heterocycles. The van der Waals surface area contributed by atoms with Crippen LogP contribution in [-0.2, 0) is 19.7 Å². The molecule has 2 aliphatic rings. The third kappa shape index (κ3) is 8.34. The number of methoxy groups -OCH3 is 6. The van der Waals surface area contributed by atoms with Gasteiger partial charge in [-0.1, -0.05) is 60.7 Å². The van der Waals surface area contributed by atoms with Crippen LogP contribution in [0, 0.1) is 45.3 Å². The quantitative estimate of drug-likeness (QED) is 0.0841. The van der Waals surface area contributed by atoms with Crippen LogP contribution in [0.2, 0.25) is 0 Å². The molecule has 0 N–H and O–H groups in total. The van der Waals surface area contributed by atoms with Crippen LogP contribution >= 0.6 is 0 Å². The van der Waals surface area contributed by atoms with Crippen molar-refractivity contribution in [2.45, 2.75) is 9.79 Å². The summed E-state index contributed by atoms with van der Waals surface area (Å²) in [5.41, 5.74) is 2.80. The van der Waals surface area contributed by atoms with E-state index in [1.807, 2.05) is 24.3 Å². The third-order valence-corrected chi connectivity index (χ3v) is 14.8. The van der Waals surface area contributed by atoms with Crippen molar-refractivity contribution in [3.63, 3.8) is 0 Å². The molecule has 338 valence electrons. The van der Waals surface area contributed by atoms with E-state index in [0.717, 1.165) is 0 Å². The summed E-state index contributed by atoms with van der Waals surface area (Å²) in [6.07, 6.45) is 9.79. The molecule has 14 nitrogen and oxygen atoms in total. The van der Waals surface area contributed by atoms with Crippen LogP contribution in [0.4, 0.5) is 0 Å². The van der Waals surface area contributed by atoms with Crippen molar-refractivity contribution in [1.29, 1.82) is 21.0 Å². The molecule has 0 spiro atoms. The first kappa shape index (κ1) is 47.2. The molecule has 0 saturated carbocycles. The first-order valence-corrected chi connectivity index (χ1v) is 23.1. The van der Waals surface area contributed by atoms with E-state index in [9.17, 15) is 37.9 Å². The van der Waals surface area contributed by atoms with Crippen LogP contribution in [0.3, 0.4) is 0 Å². The molecule has 2 heterocycles. The Hall–Kier alpha value is -8.80. The first-order valence-electron chi connectivity index (χ1n) is 20.1. The fraction of sp³-hybridized carbons (Fsp3) is 0.115. The summed E-state index contributed by atoms with van der Waals surface area (Å²) in [6.45, 7) is 0. The molecule has 68 heavy (non-hydrogen) atoms. The topological polar surface area (TPSA) is 219 Å². The van der Waals surface area contributed by atoms with E-state index in [1.165, 1.54) is 66.9 Å². The van der Waals surface area contributed by atoms with Gasteiger partial charge in [0.05, 0.1) is 62.3 Å². The lowest BCUT2D eigenvalue weighted by molar-refractivity contribution is 0.401. The van der Waals surface area contributed by atoms with Gasteiger partial charge in [-0.05, 0) is 60.7 Å². The maximum atomic E-state index is 13.8. The second-order valence-electron chi connectivity index (χ2n) is 14.6. The van der Waals surface area contributed by atoms with Gasteiger partial charge in [-0.15, -0.1) is 0 Å². The number of nitrogens with zero attached hydrogens (tertiary/aromatic N) is 4. The molecule has 0 amide bonds. The number of ether oxygens (including phenoxy) is 6. The van der Waals surface area contributed by atoms with E-state index in [0.29, 0.717) is 56.4 Å². The molecule has 7 rings (SSSR count). The fourth-order valence-electron chi connectivity index (χ4n) is 7.90. The molecule has 0 saturated heterocycles. The Bertz CT molecular complexity index is 3290. The highest BCUT2D eigenvalue weighted by Gasteiger charge is 2.39. The largest absolute Gasteiger partial charge is 0.496 e. The number of hydrogen-bond donors (Lipinski definition) is 0. The number of rotatable bonds is 12. The lowest BCUT2D eigenvalue weighted by Crippen LogP contribution is -2.00. The number of nitriles is 4. The average Bonchev–Trinajstić information content (AvgIpc) is 3.71. The molecule has 0 fully saturated rings. The molecule has 5 aromatic carbocycles. The Labute approximate surface area is 393 Å². The maximum absolute atomic E-state index is 13.8. The second kappa shape index (κ2) is 19.4. The van der Waals surface area contributed by atoms with Crippen LogP contribution in [0.15, 0.2) is 116 Å². The van der Waals surface area contributed by atoms with Crippen LogP contribution in [-0.4, -0.2) is 59.5 Å².